The highest BCUT2D eigenvalue weighted by Crippen LogP contribution is 2.25. The number of pyridine rings is 1. The van der Waals surface area contributed by atoms with E-state index in [0.717, 1.165) is 16.6 Å². The number of nitrogens with two attached hydrogens (primary N) is 1. The highest BCUT2D eigenvalue weighted by atomic mass is 16.1. The molecule has 4 N–H and O–H groups in total. The molecular formula is C13H16N4O. The van der Waals surface area contributed by atoms with E-state index in [0.29, 0.717) is 18.8 Å². The number of benzene rings is 1. The van der Waals surface area contributed by atoms with E-state index in [-0.39, 0.29) is 5.91 Å². The van der Waals surface area contributed by atoms with Crippen LogP contribution >= 0.6 is 0 Å². The zero-order valence-corrected chi connectivity index (χ0v) is 10.2. The summed E-state index contributed by atoms with van der Waals surface area (Å²) in [7, 11) is 0. The smallest absolute Gasteiger partial charge is 0.216 e. The number of nitrogen functional groups attached to an aromatic ring is 1. The Morgan fingerprint density at radius 3 is 2.94 bits per heavy atom. The summed E-state index contributed by atoms with van der Waals surface area (Å²) in [6.07, 6.45) is 1.72. The second-order valence-electron chi connectivity index (χ2n) is 4.01. The van der Waals surface area contributed by atoms with Crippen LogP contribution in [0, 0.1) is 0 Å². The summed E-state index contributed by atoms with van der Waals surface area (Å²) in [6, 6.07) is 7.60. The van der Waals surface area contributed by atoms with Crippen LogP contribution in [0.5, 0.6) is 0 Å². The lowest BCUT2D eigenvalue weighted by Crippen LogP contribution is -2.26. The second kappa shape index (κ2) is 5.35. The van der Waals surface area contributed by atoms with Crippen LogP contribution in [-0.4, -0.2) is 24.0 Å². The first-order chi connectivity index (χ1) is 8.68. The molecule has 0 aliphatic heterocycles. The highest BCUT2D eigenvalue weighted by molar-refractivity contribution is 5.98. The van der Waals surface area contributed by atoms with Crippen LogP contribution in [0.3, 0.4) is 0 Å². The first-order valence-electron chi connectivity index (χ1n) is 5.80. The van der Waals surface area contributed by atoms with E-state index in [2.05, 4.69) is 15.6 Å². The van der Waals surface area contributed by atoms with E-state index in [1.807, 2.05) is 24.3 Å². The van der Waals surface area contributed by atoms with Crippen molar-refractivity contribution in [1.82, 2.24) is 10.3 Å². The largest absolute Gasteiger partial charge is 0.397 e. The van der Waals surface area contributed by atoms with Gasteiger partial charge in [-0.2, -0.15) is 0 Å². The van der Waals surface area contributed by atoms with Gasteiger partial charge >= 0.3 is 0 Å². The molecule has 0 fully saturated rings. The predicted octanol–water partition coefficient (Wildman–Crippen LogP) is 1.36. The van der Waals surface area contributed by atoms with Crippen molar-refractivity contribution in [3.05, 3.63) is 30.5 Å². The third-order valence-corrected chi connectivity index (χ3v) is 2.62. The molecule has 0 bridgehead atoms. The fourth-order valence-electron chi connectivity index (χ4n) is 1.78. The second-order valence-corrected chi connectivity index (χ2v) is 4.01. The molecule has 1 aromatic heterocycles. The van der Waals surface area contributed by atoms with Crippen molar-refractivity contribution in [2.45, 2.75) is 6.92 Å². The zero-order chi connectivity index (χ0) is 13.0. The van der Waals surface area contributed by atoms with Crippen LogP contribution in [0.2, 0.25) is 0 Å². The number of fused-ring (bicyclic) bond motifs is 1. The lowest BCUT2D eigenvalue weighted by atomic mass is 10.1. The van der Waals surface area contributed by atoms with Crippen molar-refractivity contribution < 1.29 is 4.79 Å². The average Bonchev–Trinajstić information content (AvgIpc) is 2.37. The normalized spacial score (nSPS) is 10.3. The zero-order valence-electron chi connectivity index (χ0n) is 10.2. The van der Waals surface area contributed by atoms with Gasteiger partial charge in [-0.15, -0.1) is 0 Å². The van der Waals surface area contributed by atoms with E-state index >= 15 is 0 Å². The van der Waals surface area contributed by atoms with Crippen LogP contribution in [0.25, 0.3) is 10.9 Å². The topological polar surface area (TPSA) is 80.0 Å². The molecule has 0 aliphatic carbocycles. The predicted molar refractivity (Wildman–Crippen MR) is 73.3 cm³/mol. The molecule has 18 heavy (non-hydrogen) atoms. The molecule has 1 amide bonds. The van der Waals surface area contributed by atoms with Gasteiger partial charge in [-0.3, -0.25) is 9.78 Å². The molecule has 0 atom stereocenters. The Morgan fingerprint density at radius 2 is 2.17 bits per heavy atom. The Hall–Kier alpha value is -2.30. The maximum atomic E-state index is 10.7. The summed E-state index contributed by atoms with van der Waals surface area (Å²) in [4.78, 5) is 15.0. The van der Waals surface area contributed by atoms with Crippen LogP contribution in [0.4, 0.5) is 11.4 Å². The number of aromatic nitrogens is 1. The minimum absolute atomic E-state index is 0.0272. The molecule has 0 saturated heterocycles. The van der Waals surface area contributed by atoms with Gasteiger partial charge < -0.3 is 16.4 Å². The van der Waals surface area contributed by atoms with Crippen molar-refractivity contribution in [1.29, 1.82) is 0 Å². The Labute approximate surface area is 105 Å². The summed E-state index contributed by atoms with van der Waals surface area (Å²) in [5.41, 5.74) is 8.30. The highest BCUT2D eigenvalue weighted by Gasteiger charge is 2.03. The van der Waals surface area contributed by atoms with Gasteiger partial charge in [0.25, 0.3) is 0 Å². The van der Waals surface area contributed by atoms with Gasteiger partial charge in [-0.1, -0.05) is 0 Å². The lowest BCUT2D eigenvalue weighted by molar-refractivity contribution is -0.118. The molecular weight excluding hydrogens is 228 g/mol. The molecule has 2 aromatic rings. The van der Waals surface area contributed by atoms with Gasteiger partial charge in [0.2, 0.25) is 5.91 Å². The molecule has 1 heterocycles. The number of amides is 1. The van der Waals surface area contributed by atoms with Crippen molar-refractivity contribution in [2.75, 3.05) is 24.1 Å². The number of nitrogens with zero attached hydrogens (tertiary/aromatic N) is 1. The molecule has 0 spiro atoms. The van der Waals surface area contributed by atoms with Gasteiger partial charge in [0.15, 0.2) is 0 Å². The third kappa shape index (κ3) is 2.68. The summed E-state index contributed by atoms with van der Waals surface area (Å²) in [5.74, 6) is -0.0272. The SMILES string of the molecule is CC(=O)NCCNc1ccc(N)c2ncccc12. The number of rotatable bonds is 4. The fraction of sp³-hybridized carbons (Fsp3) is 0.231. The molecule has 0 unspecified atom stereocenters. The minimum Gasteiger partial charge on any atom is -0.397 e. The van der Waals surface area contributed by atoms with Crippen LogP contribution < -0.4 is 16.4 Å². The van der Waals surface area contributed by atoms with Crippen LogP contribution in [0.15, 0.2) is 30.5 Å². The number of hydrogen-bond acceptors (Lipinski definition) is 4. The standard InChI is InChI=1S/C13H16N4O/c1-9(18)15-7-8-16-12-5-4-11(14)13-10(12)3-2-6-17-13/h2-6,16H,7-8,14H2,1H3,(H,15,18). The van der Waals surface area contributed by atoms with E-state index < -0.39 is 0 Å². The van der Waals surface area contributed by atoms with Crippen molar-refractivity contribution in [3.8, 4) is 0 Å². The van der Waals surface area contributed by atoms with Crippen molar-refractivity contribution in [2.24, 2.45) is 0 Å². The quantitative estimate of drug-likeness (QED) is 0.560. The fourth-order valence-corrected chi connectivity index (χ4v) is 1.78. The number of carbonyl (C=O) groups excluding carboxylic acids is 1. The Balaban J connectivity index is 2.14. The Bertz CT molecular complexity index is 568. The molecule has 94 valence electrons. The minimum atomic E-state index is -0.0272. The maximum Gasteiger partial charge on any atom is 0.216 e. The summed E-state index contributed by atoms with van der Waals surface area (Å²) in [6.45, 7) is 2.75. The summed E-state index contributed by atoms with van der Waals surface area (Å²) in [5, 5.41) is 6.98. The van der Waals surface area contributed by atoms with Gasteiger partial charge in [0.05, 0.1) is 11.2 Å². The van der Waals surface area contributed by atoms with E-state index in [1.165, 1.54) is 6.92 Å². The molecule has 5 heteroatoms. The molecule has 1 aromatic carbocycles. The molecule has 0 aliphatic rings. The third-order valence-electron chi connectivity index (χ3n) is 2.62. The molecule has 0 saturated carbocycles. The number of carbonyl (C=O) groups is 1. The average molecular weight is 244 g/mol. The van der Waals surface area contributed by atoms with Gasteiger partial charge in [0.1, 0.15) is 0 Å². The number of anilines is 2. The number of nitrogens with one attached hydrogen (secondary N) is 2. The monoisotopic (exact) mass is 244 g/mol. The van der Waals surface area contributed by atoms with Crippen molar-refractivity contribution in [3.63, 3.8) is 0 Å². The molecule has 0 radical (unpaired) electrons. The number of hydrogen-bond donors (Lipinski definition) is 3. The Morgan fingerprint density at radius 1 is 1.33 bits per heavy atom. The molecule has 5 nitrogen and oxygen atoms in total. The lowest BCUT2D eigenvalue weighted by Gasteiger charge is -2.10. The van der Waals surface area contributed by atoms with Crippen LogP contribution in [0.1, 0.15) is 6.92 Å². The van der Waals surface area contributed by atoms with E-state index in [9.17, 15) is 4.79 Å². The van der Waals surface area contributed by atoms with E-state index in [1.54, 1.807) is 6.20 Å². The van der Waals surface area contributed by atoms with Crippen molar-refractivity contribution >= 4 is 28.2 Å². The van der Waals surface area contributed by atoms with Crippen LogP contribution in [-0.2, 0) is 4.79 Å². The van der Waals surface area contributed by atoms with Gasteiger partial charge in [-0.25, -0.2) is 0 Å². The van der Waals surface area contributed by atoms with E-state index in [4.69, 9.17) is 5.73 Å². The first kappa shape index (κ1) is 12.2. The van der Waals surface area contributed by atoms with Gasteiger partial charge in [0, 0.05) is 37.3 Å². The maximum absolute atomic E-state index is 10.7. The summed E-state index contributed by atoms with van der Waals surface area (Å²) < 4.78 is 0. The Kier molecular flexibility index (Phi) is 3.62. The summed E-state index contributed by atoms with van der Waals surface area (Å²) >= 11 is 0. The molecule has 2 rings (SSSR count). The first-order valence-corrected chi connectivity index (χ1v) is 5.80. The van der Waals surface area contributed by atoms with Gasteiger partial charge in [-0.05, 0) is 24.3 Å².